The molecule has 4 heteroatoms. The smallest absolute Gasteiger partial charge is 0.263 e. The first-order valence-electron chi connectivity index (χ1n) is 6.26. The minimum absolute atomic E-state index is 0.199. The van der Waals surface area contributed by atoms with Gasteiger partial charge in [0.2, 0.25) is 0 Å². The molecular weight excluding hydrogens is 232 g/mol. The van der Waals surface area contributed by atoms with Crippen LogP contribution in [0.5, 0.6) is 0 Å². The van der Waals surface area contributed by atoms with Crippen molar-refractivity contribution in [1.29, 1.82) is 0 Å². The van der Waals surface area contributed by atoms with Gasteiger partial charge in [0, 0.05) is 24.0 Å². The van der Waals surface area contributed by atoms with Crippen LogP contribution in [0.2, 0.25) is 0 Å². The van der Waals surface area contributed by atoms with E-state index in [4.69, 9.17) is 5.73 Å². The number of thiophene rings is 1. The molecule has 17 heavy (non-hydrogen) atoms. The molecule has 2 N–H and O–H groups in total. The van der Waals surface area contributed by atoms with E-state index in [1.807, 2.05) is 24.0 Å². The van der Waals surface area contributed by atoms with Gasteiger partial charge in [0.15, 0.2) is 0 Å². The summed E-state index contributed by atoms with van der Waals surface area (Å²) < 4.78 is 0. The second-order valence-electron chi connectivity index (χ2n) is 5.29. The SMILES string of the molecule is Cc1ccc(C(=O)N2C[C@@H]3CC[C@H](N)[C@@H]3C2)s1. The normalized spacial score (nSPS) is 31.9. The molecule has 92 valence electrons. The molecule has 1 aliphatic heterocycles. The van der Waals surface area contributed by atoms with Gasteiger partial charge in [-0.1, -0.05) is 0 Å². The number of nitrogens with two attached hydrogens (primary N) is 1. The molecule has 0 bridgehead atoms. The van der Waals surface area contributed by atoms with Gasteiger partial charge in [0.05, 0.1) is 4.88 Å². The first-order valence-corrected chi connectivity index (χ1v) is 7.08. The van der Waals surface area contributed by atoms with Crippen LogP contribution in [0.3, 0.4) is 0 Å². The average molecular weight is 250 g/mol. The third-order valence-corrected chi connectivity index (χ3v) is 5.14. The lowest BCUT2D eigenvalue weighted by Crippen LogP contribution is -2.33. The van der Waals surface area contributed by atoms with Crippen LogP contribution in [-0.4, -0.2) is 29.9 Å². The Bertz CT molecular complexity index is 442. The number of hydrogen-bond donors (Lipinski definition) is 1. The van der Waals surface area contributed by atoms with Crippen LogP contribution in [0.25, 0.3) is 0 Å². The molecule has 0 spiro atoms. The van der Waals surface area contributed by atoms with Crippen molar-refractivity contribution in [2.24, 2.45) is 17.6 Å². The third kappa shape index (κ3) is 1.89. The van der Waals surface area contributed by atoms with Crippen LogP contribution >= 0.6 is 11.3 Å². The maximum absolute atomic E-state index is 12.3. The molecule has 1 amide bonds. The molecule has 3 atom stereocenters. The highest BCUT2D eigenvalue weighted by atomic mass is 32.1. The summed E-state index contributed by atoms with van der Waals surface area (Å²) in [5.41, 5.74) is 6.09. The van der Waals surface area contributed by atoms with E-state index in [1.54, 1.807) is 11.3 Å². The van der Waals surface area contributed by atoms with Gasteiger partial charge in [-0.3, -0.25) is 4.79 Å². The lowest BCUT2D eigenvalue weighted by atomic mass is 9.98. The van der Waals surface area contributed by atoms with Crippen molar-refractivity contribution < 1.29 is 4.79 Å². The zero-order chi connectivity index (χ0) is 12.0. The van der Waals surface area contributed by atoms with Gasteiger partial charge >= 0.3 is 0 Å². The summed E-state index contributed by atoms with van der Waals surface area (Å²) in [5, 5.41) is 0. The highest BCUT2D eigenvalue weighted by Gasteiger charge is 2.42. The van der Waals surface area contributed by atoms with Crippen molar-refractivity contribution in [3.63, 3.8) is 0 Å². The molecule has 2 aliphatic rings. The number of fused-ring (bicyclic) bond motifs is 1. The van der Waals surface area contributed by atoms with E-state index in [1.165, 1.54) is 11.3 Å². The Morgan fingerprint density at radius 2 is 2.24 bits per heavy atom. The van der Waals surface area contributed by atoms with Gasteiger partial charge < -0.3 is 10.6 Å². The maximum Gasteiger partial charge on any atom is 0.263 e. The summed E-state index contributed by atoms with van der Waals surface area (Å²) >= 11 is 1.59. The van der Waals surface area contributed by atoms with E-state index in [9.17, 15) is 4.79 Å². The Labute approximate surface area is 106 Å². The molecule has 3 nitrogen and oxygen atoms in total. The van der Waals surface area contributed by atoms with E-state index in [2.05, 4.69) is 0 Å². The van der Waals surface area contributed by atoms with Gasteiger partial charge in [0.1, 0.15) is 0 Å². The van der Waals surface area contributed by atoms with Crippen molar-refractivity contribution in [2.45, 2.75) is 25.8 Å². The van der Waals surface area contributed by atoms with Crippen molar-refractivity contribution in [3.05, 3.63) is 21.9 Å². The van der Waals surface area contributed by atoms with E-state index in [-0.39, 0.29) is 5.91 Å². The molecule has 0 radical (unpaired) electrons. The van der Waals surface area contributed by atoms with Crippen LogP contribution in [0, 0.1) is 18.8 Å². The quantitative estimate of drug-likeness (QED) is 0.827. The first-order chi connectivity index (χ1) is 8.15. The molecule has 1 aromatic rings. The van der Waals surface area contributed by atoms with Crippen LogP contribution in [0.4, 0.5) is 0 Å². The Morgan fingerprint density at radius 3 is 2.88 bits per heavy atom. The Balaban J connectivity index is 1.73. The fraction of sp³-hybridized carbons (Fsp3) is 0.615. The number of carbonyl (C=O) groups excluding carboxylic acids is 1. The van der Waals surface area contributed by atoms with Gasteiger partial charge in [-0.05, 0) is 43.7 Å². The van der Waals surface area contributed by atoms with Crippen LogP contribution in [0.1, 0.15) is 27.4 Å². The van der Waals surface area contributed by atoms with Gasteiger partial charge in [0.25, 0.3) is 5.91 Å². The highest BCUT2D eigenvalue weighted by molar-refractivity contribution is 7.13. The fourth-order valence-corrected chi connectivity index (χ4v) is 4.01. The summed E-state index contributed by atoms with van der Waals surface area (Å²) in [5.74, 6) is 1.39. The molecular formula is C13H18N2OS. The van der Waals surface area contributed by atoms with Crippen molar-refractivity contribution in [3.8, 4) is 0 Å². The number of rotatable bonds is 1. The molecule has 1 aliphatic carbocycles. The van der Waals surface area contributed by atoms with Gasteiger partial charge in [-0.15, -0.1) is 11.3 Å². The van der Waals surface area contributed by atoms with Gasteiger partial charge in [-0.25, -0.2) is 0 Å². The van der Waals surface area contributed by atoms with Crippen LogP contribution in [-0.2, 0) is 0 Å². The Kier molecular flexibility index (Phi) is 2.71. The second kappa shape index (κ2) is 4.10. The fourth-order valence-electron chi connectivity index (χ4n) is 3.18. The number of amides is 1. The minimum atomic E-state index is 0.199. The van der Waals surface area contributed by atoms with E-state index in [0.29, 0.717) is 17.9 Å². The zero-order valence-corrected chi connectivity index (χ0v) is 10.9. The average Bonchev–Trinajstić information content (AvgIpc) is 2.96. The third-order valence-electron chi connectivity index (χ3n) is 4.15. The first kappa shape index (κ1) is 11.2. The van der Waals surface area contributed by atoms with Crippen molar-refractivity contribution >= 4 is 17.2 Å². The van der Waals surface area contributed by atoms with Crippen molar-refractivity contribution in [1.82, 2.24) is 4.90 Å². The lowest BCUT2D eigenvalue weighted by molar-refractivity contribution is 0.0784. The molecule has 1 aromatic heterocycles. The summed E-state index contributed by atoms with van der Waals surface area (Å²) in [6, 6.07) is 4.26. The summed E-state index contributed by atoms with van der Waals surface area (Å²) in [4.78, 5) is 16.4. The zero-order valence-electron chi connectivity index (χ0n) is 10.1. The topological polar surface area (TPSA) is 46.3 Å². The maximum atomic E-state index is 12.3. The standard InChI is InChI=1S/C13H18N2OS/c1-8-2-5-12(17-8)13(16)15-6-9-3-4-11(14)10(9)7-15/h2,5,9-11H,3-4,6-7,14H2,1H3/t9-,10+,11-/m0/s1. The van der Waals surface area contributed by atoms with Gasteiger partial charge in [-0.2, -0.15) is 0 Å². The molecule has 2 fully saturated rings. The lowest BCUT2D eigenvalue weighted by Gasteiger charge is -2.17. The molecule has 1 saturated carbocycles. The number of hydrogen-bond acceptors (Lipinski definition) is 3. The summed E-state index contributed by atoms with van der Waals surface area (Å²) in [6.07, 6.45) is 2.33. The molecule has 2 heterocycles. The van der Waals surface area contributed by atoms with Crippen LogP contribution in [0.15, 0.2) is 12.1 Å². The molecule has 1 saturated heterocycles. The Morgan fingerprint density at radius 1 is 1.41 bits per heavy atom. The summed E-state index contributed by atoms with van der Waals surface area (Å²) in [7, 11) is 0. The Hall–Kier alpha value is -0.870. The van der Waals surface area contributed by atoms with E-state index >= 15 is 0 Å². The predicted octanol–water partition coefficient (Wildman–Crippen LogP) is 1.87. The summed E-state index contributed by atoms with van der Waals surface area (Å²) in [6.45, 7) is 3.81. The van der Waals surface area contributed by atoms with E-state index < -0.39 is 0 Å². The van der Waals surface area contributed by atoms with E-state index in [0.717, 1.165) is 24.4 Å². The van der Waals surface area contributed by atoms with Crippen LogP contribution < -0.4 is 5.73 Å². The molecule has 0 aromatic carbocycles. The minimum Gasteiger partial charge on any atom is -0.337 e. The number of likely N-dealkylation sites (tertiary alicyclic amines) is 1. The molecule has 3 rings (SSSR count). The second-order valence-corrected chi connectivity index (χ2v) is 6.57. The highest BCUT2D eigenvalue weighted by Crippen LogP contribution is 2.37. The number of nitrogens with zero attached hydrogens (tertiary/aromatic N) is 1. The number of aryl methyl sites for hydroxylation is 1. The largest absolute Gasteiger partial charge is 0.337 e. The number of carbonyl (C=O) groups is 1. The monoisotopic (exact) mass is 250 g/mol. The predicted molar refractivity (Wildman–Crippen MR) is 69.1 cm³/mol. The van der Waals surface area contributed by atoms with Crippen molar-refractivity contribution in [2.75, 3.05) is 13.1 Å². The molecule has 0 unspecified atom stereocenters.